The predicted octanol–water partition coefficient (Wildman–Crippen LogP) is 3.93. The van der Waals surface area contributed by atoms with Crippen molar-refractivity contribution < 1.29 is 13.9 Å². The van der Waals surface area contributed by atoms with Gasteiger partial charge in [0.15, 0.2) is 0 Å². The fourth-order valence-corrected chi connectivity index (χ4v) is 3.50. The number of fused-ring (bicyclic) bond motifs is 1. The van der Waals surface area contributed by atoms with Gasteiger partial charge in [0.25, 0.3) is 0 Å². The molecule has 1 aliphatic heterocycles. The van der Waals surface area contributed by atoms with Gasteiger partial charge in [0.2, 0.25) is 5.95 Å². The molecule has 0 aliphatic carbocycles. The molecule has 0 fully saturated rings. The van der Waals surface area contributed by atoms with E-state index in [1.54, 1.807) is 26.4 Å². The van der Waals surface area contributed by atoms with Crippen molar-refractivity contribution in [1.29, 1.82) is 0 Å². The Morgan fingerprint density at radius 1 is 1.14 bits per heavy atom. The third kappa shape index (κ3) is 4.46. The normalized spacial score (nSPS) is 13.6. The van der Waals surface area contributed by atoms with Gasteiger partial charge in [0, 0.05) is 43.9 Å². The Morgan fingerprint density at radius 3 is 2.83 bits per heavy atom. The highest BCUT2D eigenvalue weighted by molar-refractivity contribution is 5.65. The number of anilines is 2. The summed E-state index contributed by atoms with van der Waals surface area (Å²) in [6.07, 6.45) is 2.67. The Hall–Kier alpha value is -3.19. The number of hydrogen-bond donors (Lipinski definition) is 1. The monoisotopic (exact) mass is 394 g/mol. The largest absolute Gasteiger partial charge is 0.497 e. The first-order valence-corrected chi connectivity index (χ1v) is 9.45. The minimum absolute atomic E-state index is 0.202. The number of halogens is 1. The van der Waals surface area contributed by atoms with E-state index in [9.17, 15) is 4.39 Å². The second kappa shape index (κ2) is 8.45. The van der Waals surface area contributed by atoms with E-state index in [0.29, 0.717) is 18.2 Å². The minimum atomic E-state index is -0.202. The zero-order chi connectivity index (χ0) is 20.2. The van der Waals surface area contributed by atoms with Crippen LogP contribution in [0.1, 0.15) is 16.8 Å². The lowest BCUT2D eigenvalue weighted by atomic mass is 10.1. The summed E-state index contributed by atoms with van der Waals surface area (Å²) < 4.78 is 24.1. The molecule has 0 saturated heterocycles. The number of aromatic nitrogens is 2. The summed E-state index contributed by atoms with van der Waals surface area (Å²) in [7, 11) is 3.24. The maximum absolute atomic E-state index is 13.4. The van der Waals surface area contributed by atoms with Crippen LogP contribution in [0.5, 0.6) is 11.5 Å². The van der Waals surface area contributed by atoms with Crippen molar-refractivity contribution in [3.05, 3.63) is 71.3 Å². The molecule has 3 aromatic rings. The van der Waals surface area contributed by atoms with Gasteiger partial charge in [0.05, 0.1) is 25.6 Å². The number of benzene rings is 2. The molecule has 0 radical (unpaired) electrons. The Labute approximate surface area is 169 Å². The number of nitrogens with zero attached hydrogens (tertiary/aromatic N) is 3. The standard InChI is InChI=1S/C22H23FN4O2/c1-28-18-6-7-21(29-2)20(11-18)26-22-24-12-16-14-27(9-8-19(16)25-22)13-15-4-3-5-17(23)10-15/h3-7,10-12H,8-9,13-14H2,1-2H3,(H,24,25,26). The topological polar surface area (TPSA) is 59.5 Å². The molecule has 4 rings (SSSR count). The smallest absolute Gasteiger partial charge is 0.227 e. The minimum Gasteiger partial charge on any atom is -0.497 e. The lowest BCUT2D eigenvalue weighted by molar-refractivity contribution is 0.242. The number of hydrogen-bond acceptors (Lipinski definition) is 6. The molecule has 2 heterocycles. The van der Waals surface area contributed by atoms with Crippen LogP contribution < -0.4 is 14.8 Å². The van der Waals surface area contributed by atoms with E-state index < -0.39 is 0 Å². The molecule has 0 unspecified atom stereocenters. The molecule has 1 aromatic heterocycles. The first-order valence-electron chi connectivity index (χ1n) is 9.45. The van der Waals surface area contributed by atoms with Crippen molar-refractivity contribution in [3.63, 3.8) is 0 Å². The van der Waals surface area contributed by atoms with Crippen molar-refractivity contribution in [3.8, 4) is 11.5 Å². The van der Waals surface area contributed by atoms with Gasteiger partial charge in [-0.3, -0.25) is 4.90 Å². The van der Waals surface area contributed by atoms with Gasteiger partial charge in [-0.2, -0.15) is 0 Å². The molecule has 7 heteroatoms. The fraction of sp³-hybridized carbons (Fsp3) is 0.273. The molecule has 0 saturated carbocycles. The van der Waals surface area contributed by atoms with E-state index in [-0.39, 0.29) is 5.82 Å². The van der Waals surface area contributed by atoms with Crippen LogP contribution in [-0.2, 0) is 19.5 Å². The van der Waals surface area contributed by atoms with Crippen molar-refractivity contribution in [2.75, 3.05) is 26.1 Å². The molecule has 0 amide bonds. The average Bonchev–Trinajstić information content (AvgIpc) is 2.74. The van der Waals surface area contributed by atoms with Crippen LogP contribution in [0.4, 0.5) is 16.0 Å². The zero-order valence-corrected chi connectivity index (χ0v) is 16.5. The molecule has 1 aliphatic rings. The summed E-state index contributed by atoms with van der Waals surface area (Å²) in [6.45, 7) is 2.31. The first-order chi connectivity index (χ1) is 14.1. The third-order valence-corrected chi connectivity index (χ3v) is 4.96. The molecule has 0 atom stereocenters. The summed E-state index contributed by atoms with van der Waals surface area (Å²) in [5.41, 5.74) is 3.84. The molecule has 150 valence electrons. The first kappa shape index (κ1) is 19.1. The highest BCUT2D eigenvalue weighted by Gasteiger charge is 2.19. The van der Waals surface area contributed by atoms with Gasteiger partial charge in [-0.1, -0.05) is 12.1 Å². The van der Waals surface area contributed by atoms with Crippen molar-refractivity contribution in [2.24, 2.45) is 0 Å². The van der Waals surface area contributed by atoms with Crippen LogP contribution in [-0.4, -0.2) is 35.6 Å². The SMILES string of the molecule is COc1ccc(OC)c(Nc2ncc3c(n2)CCN(Cc2cccc(F)c2)C3)c1. The summed E-state index contributed by atoms with van der Waals surface area (Å²) in [6, 6.07) is 12.3. The molecular weight excluding hydrogens is 371 g/mol. The van der Waals surface area contributed by atoms with Gasteiger partial charge in [-0.15, -0.1) is 0 Å². The van der Waals surface area contributed by atoms with Crippen molar-refractivity contribution in [1.82, 2.24) is 14.9 Å². The van der Waals surface area contributed by atoms with Crippen LogP contribution in [0, 0.1) is 5.82 Å². The van der Waals surface area contributed by atoms with Crippen LogP contribution in [0.15, 0.2) is 48.7 Å². The van der Waals surface area contributed by atoms with E-state index in [1.807, 2.05) is 30.5 Å². The molecule has 1 N–H and O–H groups in total. The highest BCUT2D eigenvalue weighted by Crippen LogP contribution is 2.31. The predicted molar refractivity (Wildman–Crippen MR) is 109 cm³/mol. The molecule has 0 bridgehead atoms. The second-order valence-corrected chi connectivity index (χ2v) is 6.95. The number of ether oxygens (including phenoxy) is 2. The summed E-state index contributed by atoms with van der Waals surface area (Å²) in [5.74, 6) is 1.73. The van der Waals surface area contributed by atoms with Crippen molar-refractivity contribution >= 4 is 11.6 Å². The van der Waals surface area contributed by atoms with Crippen molar-refractivity contribution in [2.45, 2.75) is 19.5 Å². The van der Waals surface area contributed by atoms with Gasteiger partial charge >= 0.3 is 0 Å². The lowest BCUT2D eigenvalue weighted by Crippen LogP contribution is -2.31. The van der Waals surface area contributed by atoms with E-state index >= 15 is 0 Å². The number of methoxy groups -OCH3 is 2. The Balaban J connectivity index is 1.48. The van der Waals surface area contributed by atoms with E-state index in [2.05, 4.69) is 20.2 Å². The average molecular weight is 394 g/mol. The third-order valence-electron chi connectivity index (χ3n) is 4.96. The Bertz CT molecular complexity index is 1010. The molecule has 0 spiro atoms. The summed E-state index contributed by atoms with van der Waals surface area (Å²) in [4.78, 5) is 11.4. The number of nitrogens with one attached hydrogen (secondary N) is 1. The van der Waals surface area contributed by atoms with Gasteiger partial charge < -0.3 is 14.8 Å². The zero-order valence-electron chi connectivity index (χ0n) is 16.5. The maximum atomic E-state index is 13.4. The van der Waals surface area contributed by atoms with Gasteiger partial charge in [-0.25, -0.2) is 14.4 Å². The van der Waals surface area contributed by atoms with E-state index in [4.69, 9.17) is 9.47 Å². The van der Waals surface area contributed by atoms with Crippen LogP contribution >= 0.6 is 0 Å². The van der Waals surface area contributed by atoms with E-state index in [1.165, 1.54) is 6.07 Å². The molecule has 29 heavy (non-hydrogen) atoms. The van der Waals surface area contributed by atoms with Crippen LogP contribution in [0.3, 0.4) is 0 Å². The van der Waals surface area contributed by atoms with Gasteiger partial charge in [-0.05, 0) is 29.8 Å². The Kier molecular flexibility index (Phi) is 5.57. The lowest BCUT2D eigenvalue weighted by Gasteiger charge is -2.28. The molecule has 2 aromatic carbocycles. The van der Waals surface area contributed by atoms with Crippen LogP contribution in [0.2, 0.25) is 0 Å². The molecule has 6 nitrogen and oxygen atoms in total. The molecular formula is C22H23FN4O2. The fourth-order valence-electron chi connectivity index (χ4n) is 3.50. The second-order valence-electron chi connectivity index (χ2n) is 6.95. The van der Waals surface area contributed by atoms with Gasteiger partial charge in [0.1, 0.15) is 17.3 Å². The summed E-state index contributed by atoms with van der Waals surface area (Å²) in [5, 5.41) is 3.22. The quantitative estimate of drug-likeness (QED) is 0.684. The Morgan fingerprint density at radius 2 is 2.03 bits per heavy atom. The van der Waals surface area contributed by atoms with Crippen LogP contribution in [0.25, 0.3) is 0 Å². The highest BCUT2D eigenvalue weighted by atomic mass is 19.1. The summed E-state index contributed by atoms with van der Waals surface area (Å²) >= 11 is 0. The van der Waals surface area contributed by atoms with E-state index in [0.717, 1.165) is 47.8 Å². The number of rotatable bonds is 6. The maximum Gasteiger partial charge on any atom is 0.227 e.